The molecule has 1 amide bonds. The maximum atomic E-state index is 12.3. The minimum atomic E-state index is -3.74. The van der Waals surface area contributed by atoms with Crippen molar-refractivity contribution >= 4 is 27.3 Å². The molecule has 1 aromatic rings. The molecule has 1 atom stereocenters. The quantitative estimate of drug-likeness (QED) is 0.866. The van der Waals surface area contributed by atoms with Crippen LogP contribution in [-0.4, -0.2) is 14.3 Å². The lowest BCUT2D eigenvalue weighted by molar-refractivity contribution is -0.123. The fraction of sp³-hybridized carbons (Fsp3) is 0.533. The first-order chi connectivity index (χ1) is 9.70. The monoisotopic (exact) mass is 327 g/mol. The average Bonchev–Trinajstić information content (AvgIpc) is 2.73. The Morgan fingerprint density at radius 1 is 1.24 bits per heavy atom. The molecule has 21 heavy (non-hydrogen) atoms. The summed E-state index contributed by atoms with van der Waals surface area (Å²) in [5.74, 6) is -0.629. The normalized spacial score (nSPS) is 19.7. The molecule has 0 spiro atoms. The van der Waals surface area contributed by atoms with Crippen molar-refractivity contribution in [2.24, 2.45) is 5.92 Å². The van der Waals surface area contributed by atoms with Gasteiger partial charge in [0.25, 0.3) is 10.0 Å². The predicted octanol–water partition coefficient (Wildman–Crippen LogP) is 3.31. The van der Waals surface area contributed by atoms with E-state index in [9.17, 15) is 13.2 Å². The van der Waals surface area contributed by atoms with Gasteiger partial charge in [0.1, 0.15) is 4.21 Å². The number of hydrogen-bond acceptors (Lipinski definition) is 4. The lowest BCUT2D eigenvalue weighted by Crippen LogP contribution is -2.36. The van der Waals surface area contributed by atoms with Gasteiger partial charge in [0.05, 0.1) is 0 Å². The molecule has 1 N–H and O–H groups in total. The van der Waals surface area contributed by atoms with Crippen molar-refractivity contribution in [1.29, 1.82) is 0 Å². The SMILES string of the molecule is CC1=C(C)CC(C(=O)NS(=O)(=O)c2cc(C)c(C)s2)CC1. The zero-order chi connectivity index (χ0) is 15.8. The Balaban J connectivity index is 2.12. The molecule has 0 saturated heterocycles. The second-order valence-electron chi connectivity index (χ2n) is 5.77. The van der Waals surface area contributed by atoms with Crippen LogP contribution in [0.15, 0.2) is 21.4 Å². The number of thiophene rings is 1. The highest BCUT2D eigenvalue weighted by atomic mass is 32.2. The molecule has 0 aromatic carbocycles. The highest BCUT2D eigenvalue weighted by molar-refractivity contribution is 7.92. The first-order valence-electron chi connectivity index (χ1n) is 6.99. The number of sulfonamides is 1. The second kappa shape index (κ2) is 5.93. The van der Waals surface area contributed by atoms with Gasteiger partial charge in [0, 0.05) is 10.8 Å². The minimum absolute atomic E-state index is 0.213. The van der Waals surface area contributed by atoms with Crippen LogP contribution in [0.2, 0.25) is 0 Å². The number of hydrogen-bond donors (Lipinski definition) is 1. The Kier molecular flexibility index (Phi) is 4.58. The summed E-state index contributed by atoms with van der Waals surface area (Å²) >= 11 is 1.20. The van der Waals surface area contributed by atoms with Crippen LogP contribution in [0.3, 0.4) is 0 Å². The van der Waals surface area contributed by atoms with E-state index >= 15 is 0 Å². The van der Waals surface area contributed by atoms with Gasteiger partial charge in [0.15, 0.2) is 0 Å². The molecule has 1 aliphatic carbocycles. The summed E-state index contributed by atoms with van der Waals surface area (Å²) in [6.07, 6.45) is 2.23. The fourth-order valence-electron chi connectivity index (χ4n) is 2.41. The van der Waals surface area contributed by atoms with E-state index < -0.39 is 10.0 Å². The zero-order valence-electron chi connectivity index (χ0n) is 12.8. The van der Waals surface area contributed by atoms with E-state index in [1.54, 1.807) is 6.07 Å². The number of allylic oxidation sites excluding steroid dienone is 2. The van der Waals surface area contributed by atoms with E-state index in [0.29, 0.717) is 12.8 Å². The summed E-state index contributed by atoms with van der Waals surface area (Å²) in [6, 6.07) is 1.62. The van der Waals surface area contributed by atoms with Crippen LogP contribution in [0, 0.1) is 19.8 Å². The van der Waals surface area contributed by atoms with E-state index in [1.165, 1.54) is 22.5 Å². The topological polar surface area (TPSA) is 63.2 Å². The third-order valence-electron chi connectivity index (χ3n) is 4.16. The van der Waals surface area contributed by atoms with Crippen molar-refractivity contribution in [1.82, 2.24) is 4.72 Å². The molecule has 0 fully saturated rings. The van der Waals surface area contributed by atoms with Crippen LogP contribution in [0.25, 0.3) is 0 Å². The molecule has 1 heterocycles. The molecule has 1 aliphatic rings. The van der Waals surface area contributed by atoms with Gasteiger partial charge < -0.3 is 0 Å². The summed E-state index contributed by atoms with van der Waals surface area (Å²) in [4.78, 5) is 13.2. The van der Waals surface area contributed by atoms with E-state index in [-0.39, 0.29) is 16.0 Å². The first kappa shape index (κ1) is 16.2. The van der Waals surface area contributed by atoms with E-state index in [4.69, 9.17) is 0 Å². The molecule has 6 heteroatoms. The van der Waals surface area contributed by atoms with Gasteiger partial charge in [0.2, 0.25) is 5.91 Å². The Labute approximate surface area is 130 Å². The molecule has 4 nitrogen and oxygen atoms in total. The maximum Gasteiger partial charge on any atom is 0.273 e. The molecule has 2 rings (SSSR count). The van der Waals surface area contributed by atoms with Crippen LogP contribution >= 0.6 is 11.3 Å². The van der Waals surface area contributed by atoms with Crippen LogP contribution in [-0.2, 0) is 14.8 Å². The van der Waals surface area contributed by atoms with Crippen molar-refractivity contribution in [3.05, 3.63) is 27.7 Å². The summed E-state index contributed by atoms with van der Waals surface area (Å²) in [6.45, 7) is 7.82. The number of amides is 1. The van der Waals surface area contributed by atoms with Gasteiger partial charge in [-0.25, -0.2) is 13.1 Å². The molecule has 0 saturated carbocycles. The number of carbonyl (C=O) groups excluding carboxylic acids is 1. The largest absolute Gasteiger partial charge is 0.274 e. The highest BCUT2D eigenvalue weighted by Crippen LogP contribution is 2.30. The number of rotatable bonds is 3. The van der Waals surface area contributed by atoms with Gasteiger partial charge in [-0.15, -0.1) is 11.3 Å². The Bertz CT molecular complexity index is 679. The molecule has 0 aliphatic heterocycles. The Morgan fingerprint density at radius 3 is 2.43 bits per heavy atom. The van der Waals surface area contributed by atoms with Gasteiger partial charge in [-0.3, -0.25) is 4.79 Å². The summed E-state index contributed by atoms with van der Waals surface area (Å²) in [7, 11) is -3.74. The van der Waals surface area contributed by atoms with Gasteiger partial charge >= 0.3 is 0 Å². The van der Waals surface area contributed by atoms with E-state index in [1.807, 2.05) is 20.8 Å². The smallest absolute Gasteiger partial charge is 0.273 e. The first-order valence-corrected chi connectivity index (χ1v) is 9.29. The number of nitrogens with one attached hydrogen (secondary N) is 1. The van der Waals surface area contributed by atoms with Crippen molar-refractivity contribution in [3.8, 4) is 0 Å². The molecule has 0 bridgehead atoms. The third kappa shape index (κ3) is 3.55. The molecule has 1 unspecified atom stereocenters. The number of carbonyl (C=O) groups is 1. The van der Waals surface area contributed by atoms with Gasteiger partial charge in [-0.2, -0.15) is 0 Å². The lowest BCUT2D eigenvalue weighted by Gasteiger charge is -2.23. The fourth-order valence-corrected chi connectivity index (χ4v) is 4.97. The third-order valence-corrected chi connectivity index (χ3v) is 7.14. The molecule has 1 aromatic heterocycles. The molecule has 0 radical (unpaired) electrons. The maximum absolute atomic E-state index is 12.3. The van der Waals surface area contributed by atoms with Crippen LogP contribution in [0.5, 0.6) is 0 Å². The zero-order valence-corrected chi connectivity index (χ0v) is 14.5. The van der Waals surface area contributed by atoms with E-state index in [0.717, 1.165) is 16.9 Å². The Hall–Kier alpha value is -1.14. The predicted molar refractivity (Wildman–Crippen MR) is 84.8 cm³/mol. The van der Waals surface area contributed by atoms with Crippen molar-refractivity contribution < 1.29 is 13.2 Å². The lowest BCUT2D eigenvalue weighted by atomic mass is 9.85. The van der Waals surface area contributed by atoms with Gasteiger partial charge in [-0.1, -0.05) is 11.1 Å². The minimum Gasteiger partial charge on any atom is -0.274 e. The van der Waals surface area contributed by atoms with Crippen molar-refractivity contribution in [3.63, 3.8) is 0 Å². The summed E-state index contributed by atoms with van der Waals surface area (Å²) < 4.78 is 27.0. The highest BCUT2D eigenvalue weighted by Gasteiger charge is 2.28. The molecular weight excluding hydrogens is 306 g/mol. The van der Waals surface area contributed by atoms with Gasteiger partial charge in [-0.05, 0) is 58.6 Å². The summed E-state index contributed by atoms with van der Waals surface area (Å²) in [5.41, 5.74) is 3.44. The van der Waals surface area contributed by atoms with Crippen molar-refractivity contribution in [2.75, 3.05) is 0 Å². The molecule has 116 valence electrons. The van der Waals surface area contributed by atoms with Crippen LogP contribution in [0.4, 0.5) is 0 Å². The van der Waals surface area contributed by atoms with Crippen LogP contribution < -0.4 is 4.72 Å². The number of aryl methyl sites for hydroxylation is 2. The standard InChI is InChI=1S/C15H21NO3S2/c1-9-5-6-13(7-10(9)2)15(17)16-21(18,19)14-8-11(3)12(4)20-14/h8,13H,5-7H2,1-4H3,(H,16,17). The Morgan fingerprint density at radius 2 is 1.90 bits per heavy atom. The average molecular weight is 327 g/mol. The second-order valence-corrected chi connectivity index (χ2v) is 8.94. The molecular formula is C15H21NO3S2. The van der Waals surface area contributed by atoms with Crippen molar-refractivity contribution in [2.45, 2.75) is 51.2 Å². The van der Waals surface area contributed by atoms with Crippen LogP contribution in [0.1, 0.15) is 43.6 Å². The van der Waals surface area contributed by atoms with E-state index in [2.05, 4.69) is 11.6 Å². The summed E-state index contributed by atoms with van der Waals surface area (Å²) in [5, 5.41) is 0.